The highest BCUT2D eigenvalue weighted by molar-refractivity contribution is 8.03. The standard InChI is InChI=1S/C19H16N2O2S/c1-23-16-9-7-14(8-10-16)17-13-18(22)21(19(24-17)11-12-20)15-5-3-2-4-6-15/h2-11,17H,13H2,1H3/b19-11-. The van der Waals surface area contributed by atoms with Gasteiger partial charge in [-0.2, -0.15) is 5.26 Å². The lowest BCUT2D eigenvalue weighted by Crippen LogP contribution is -2.34. The van der Waals surface area contributed by atoms with Crippen molar-refractivity contribution in [1.82, 2.24) is 0 Å². The highest BCUT2D eigenvalue weighted by atomic mass is 32.2. The van der Waals surface area contributed by atoms with Crippen LogP contribution in [0.5, 0.6) is 5.75 Å². The summed E-state index contributed by atoms with van der Waals surface area (Å²) in [6.45, 7) is 0. The van der Waals surface area contributed by atoms with E-state index in [2.05, 4.69) is 6.07 Å². The first kappa shape index (κ1) is 16.2. The molecule has 1 aliphatic heterocycles. The van der Waals surface area contributed by atoms with Crippen molar-refractivity contribution >= 4 is 23.4 Å². The van der Waals surface area contributed by atoms with E-state index in [4.69, 9.17) is 10.00 Å². The zero-order valence-electron chi connectivity index (χ0n) is 13.2. The van der Waals surface area contributed by atoms with Crippen molar-refractivity contribution in [2.75, 3.05) is 12.0 Å². The van der Waals surface area contributed by atoms with Crippen LogP contribution in [0.3, 0.4) is 0 Å². The molecule has 0 radical (unpaired) electrons. The Balaban J connectivity index is 1.90. The lowest BCUT2D eigenvalue weighted by Gasteiger charge is -2.33. The third kappa shape index (κ3) is 3.29. The predicted octanol–water partition coefficient (Wildman–Crippen LogP) is 4.27. The molecule has 1 saturated heterocycles. The Hall–Kier alpha value is -2.71. The molecule has 0 N–H and O–H groups in total. The average molecular weight is 336 g/mol. The van der Waals surface area contributed by atoms with E-state index in [9.17, 15) is 4.79 Å². The Bertz CT molecular complexity index is 794. The molecule has 1 heterocycles. The van der Waals surface area contributed by atoms with Gasteiger partial charge in [-0.1, -0.05) is 42.1 Å². The minimum Gasteiger partial charge on any atom is -0.497 e. The normalized spacial score (nSPS) is 19.2. The number of nitriles is 1. The number of hydrogen-bond donors (Lipinski definition) is 0. The van der Waals surface area contributed by atoms with Crippen LogP contribution >= 0.6 is 11.8 Å². The Kier molecular flexibility index (Phi) is 4.88. The third-order valence-electron chi connectivity index (χ3n) is 3.78. The van der Waals surface area contributed by atoms with Crippen LogP contribution in [0.1, 0.15) is 17.2 Å². The summed E-state index contributed by atoms with van der Waals surface area (Å²) in [5.41, 5.74) is 1.83. The number of amides is 1. The maximum Gasteiger partial charge on any atom is 0.233 e. The first-order chi connectivity index (χ1) is 11.7. The van der Waals surface area contributed by atoms with Gasteiger partial charge in [-0.25, -0.2) is 0 Å². The molecule has 4 nitrogen and oxygen atoms in total. The van der Waals surface area contributed by atoms with E-state index in [0.717, 1.165) is 17.0 Å². The molecule has 2 aromatic carbocycles. The monoisotopic (exact) mass is 336 g/mol. The summed E-state index contributed by atoms with van der Waals surface area (Å²) in [6, 6.07) is 19.2. The maximum absolute atomic E-state index is 12.7. The zero-order chi connectivity index (χ0) is 16.9. The van der Waals surface area contributed by atoms with Gasteiger partial charge < -0.3 is 4.74 Å². The molecular formula is C19H16N2O2S. The van der Waals surface area contributed by atoms with Gasteiger partial charge in [0.25, 0.3) is 0 Å². The van der Waals surface area contributed by atoms with Crippen molar-refractivity contribution in [2.24, 2.45) is 0 Å². The molecule has 1 amide bonds. The van der Waals surface area contributed by atoms with Gasteiger partial charge in [-0.15, -0.1) is 0 Å². The van der Waals surface area contributed by atoms with E-state index in [1.165, 1.54) is 17.8 Å². The van der Waals surface area contributed by atoms with Crippen LogP contribution in [0.15, 0.2) is 65.7 Å². The van der Waals surface area contributed by atoms with Crippen LogP contribution in [0, 0.1) is 11.3 Å². The zero-order valence-corrected chi connectivity index (χ0v) is 14.0. The average Bonchev–Trinajstić information content (AvgIpc) is 2.62. The molecule has 1 unspecified atom stereocenters. The SMILES string of the molecule is COc1ccc(C2CC(=O)N(c3ccccc3)/C(=C/C#N)S2)cc1. The van der Waals surface area contributed by atoms with E-state index in [-0.39, 0.29) is 11.2 Å². The summed E-state index contributed by atoms with van der Waals surface area (Å²) < 4.78 is 5.18. The second kappa shape index (κ2) is 7.24. The number of para-hydroxylation sites is 1. The van der Waals surface area contributed by atoms with Gasteiger partial charge in [0, 0.05) is 23.4 Å². The molecule has 0 saturated carbocycles. The number of carbonyl (C=O) groups excluding carboxylic acids is 1. The van der Waals surface area contributed by atoms with Gasteiger partial charge in [0.1, 0.15) is 5.75 Å². The molecule has 1 atom stereocenters. The smallest absolute Gasteiger partial charge is 0.233 e. The molecule has 0 spiro atoms. The molecule has 5 heteroatoms. The molecule has 3 rings (SSSR count). The minimum absolute atomic E-state index is 0.0111. The summed E-state index contributed by atoms with van der Waals surface area (Å²) in [5, 5.41) is 9.74. The van der Waals surface area contributed by atoms with Gasteiger partial charge >= 0.3 is 0 Å². The fraction of sp³-hybridized carbons (Fsp3) is 0.158. The lowest BCUT2D eigenvalue weighted by atomic mass is 10.1. The Labute approximate surface area is 145 Å². The highest BCUT2D eigenvalue weighted by Gasteiger charge is 2.32. The van der Waals surface area contributed by atoms with Crippen LogP contribution in [0.4, 0.5) is 5.69 Å². The van der Waals surface area contributed by atoms with E-state index >= 15 is 0 Å². The van der Waals surface area contributed by atoms with Crippen molar-refractivity contribution in [3.8, 4) is 11.8 Å². The number of rotatable bonds is 3. The van der Waals surface area contributed by atoms with Gasteiger partial charge in [0.05, 0.1) is 18.2 Å². The van der Waals surface area contributed by atoms with Crippen molar-refractivity contribution in [2.45, 2.75) is 11.7 Å². The van der Waals surface area contributed by atoms with Crippen molar-refractivity contribution in [1.29, 1.82) is 5.26 Å². The molecule has 2 aromatic rings. The number of ether oxygens (including phenoxy) is 1. The number of nitrogens with zero attached hydrogens (tertiary/aromatic N) is 2. The fourth-order valence-electron chi connectivity index (χ4n) is 2.62. The summed E-state index contributed by atoms with van der Waals surface area (Å²) in [4.78, 5) is 14.3. The Morgan fingerprint density at radius 1 is 1.21 bits per heavy atom. The number of methoxy groups -OCH3 is 1. The third-order valence-corrected chi connectivity index (χ3v) is 5.05. The summed E-state index contributed by atoms with van der Waals surface area (Å²) in [5.74, 6) is 0.770. The van der Waals surface area contributed by atoms with E-state index in [0.29, 0.717) is 11.4 Å². The molecule has 0 bridgehead atoms. The largest absolute Gasteiger partial charge is 0.497 e. The summed E-state index contributed by atoms with van der Waals surface area (Å²) >= 11 is 1.53. The minimum atomic E-state index is -0.0118. The van der Waals surface area contributed by atoms with Crippen LogP contribution in [0.2, 0.25) is 0 Å². The maximum atomic E-state index is 12.7. The van der Waals surface area contributed by atoms with Gasteiger partial charge in [0.15, 0.2) is 0 Å². The second-order valence-corrected chi connectivity index (χ2v) is 6.48. The van der Waals surface area contributed by atoms with Crippen LogP contribution in [-0.2, 0) is 4.79 Å². The molecule has 1 fully saturated rings. The predicted molar refractivity (Wildman–Crippen MR) is 95.6 cm³/mol. The van der Waals surface area contributed by atoms with E-state index in [1.54, 1.807) is 12.0 Å². The Morgan fingerprint density at radius 3 is 2.54 bits per heavy atom. The van der Waals surface area contributed by atoms with Crippen LogP contribution < -0.4 is 9.64 Å². The Morgan fingerprint density at radius 2 is 1.92 bits per heavy atom. The summed E-state index contributed by atoms with van der Waals surface area (Å²) in [6.07, 6.45) is 1.82. The first-order valence-corrected chi connectivity index (χ1v) is 8.39. The highest BCUT2D eigenvalue weighted by Crippen LogP contribution is 2.45. The number of carbonyl (C=O) groups is 1. The molecule has 1 aliphatic rings. The molecule has 24 heavy (non-hydrogen) atoms. The lowest BCUT2D eigenvalue weighted by molar-refractivity contribution is -0.118. The van der Waals surface area contributed by atoms with Gasteiger partial charge in [-0.05, 0) is 29.8 Å². The molecule has 0 aliphatic carbocycles. The van der Waals surface area contributed by atoms with Crippen LogP contribution in [0.25, 0.3) is 0 Å². The van der Waals surface area contributed by atoms with Crippen molar-refractivity contribution in [3.05, 3.63) is 71.3 Å². The topological polar surface area (TPSA) is 53.3 Å². The van der Waals surface area contributed by atoms with Crippen molar-refractivity contribution < 1.29 is 9.53 Å². The van der Waals surface area contributed by atoms with E-state index in [1.807, 2.05) is 54.6 Å². The quantitative estimate of drug-likeness (QED) is 0.785. The summed E-state index contributed by atoms with van der Waals surface area (Å²) in [7, 11) is 1.62. The number of hydrogen-bond acceptors (Lipinski definition) is 4. The fourth-order valence-corrected chi connectivity index (χ4v) is 3.86. The molecule has 120 valence electrons. The van der Waals surface area contributed by atoms with Crippen molar-refractivity contribution in [3.63, 3.8) is 0 Å². The van der Waals surface area contributed by atoms with Gasteiger partial charge in [0.2, 0.25) is 5.91 Å². The second-order valence-electron chi connectivity index (χ2n) is 5.26. The number of benzene rings is 2. The number of thioether (sulfide) groups is 1. The molecule has 0 aromatic heterocycles. The van der Waals surface area contributed by atoms with E-state index < -0.39 is 0 Å². The van der Waals surface area contributed by atoms with Gasteiger partial charge in [-0.3, -0.25) is 9.69 Å². The number of anilines is 1. The van der Waals surface area contributed by atoms with Crippen LogP contribution in [-0.4, -0.2) is 13.0 Å². The molecular weight excluding hydrogens is 320 g/mol. The first-order valence-electron chi connectivity index (χ1n) is 7.51. The number of allylic oxidation sites excluding steroid dienone is 1.